The number of pyridine rings is 1. The minimum absolute atomic E-state index is 0.105. The number of carbonyl (C=O) groups excluding carboxylic acids is 2. The van der Waals surface area contributed by atoms with E-state index in [2.05, 4.69) is 15.3 Å². The van der Waals surface area contributed by atoms with E-state index in [0.29, 0.717) is 34.9 Å². The van der Waals surface area contributed by atoms with Gasteiger partial charge in [-0.1, -0.05) is 11.6 Å². The number of aromatic nitrogens is 4. The normalized spacial score (nSPS) is 17.1. The minimum Gasteiger partial charge on any atom is -0.489 e. The first kappa shape index (κ1) is 27.5. The van der Waals surface area contributed by atoms with Crippen molar-refractivity contribution in [2.75, 3.05) is 7.11 Å². The molecule has 13 heteroatoms. The zero-order valence-corrected chi connectivity index (χ0v) is 21.9. The highest BCUT2D eigenvalue weighted by molar-refractivity contribution is 5.72. The first-order valence-electron chi connectivity index (χ1n) is 12.4. The lowest BCUT2D eigenvalue weighted by Crippen LogP contribution is -2.24. The van der Waals surface area contributed by atoms with Gasteiger partial charge in [0.15, 0.2) is 0 Å². The molecule has 2 aromatic heterocycles. The molecule has 2 atom stereocenters. The lowest BCUT2D eigenvalue weighted by Gasteiger charge is -2.21. The Morgan fingerprint density at radius 2 is 1.87 bits per heavy atom. The van der Waals surface area contributed by atoms with E-state index in [-0.39, 0.29) is 36.0 Å². The molecular weight excluding hydrogens is 510 g/mol. The molecule has 0 N–H and O–H groups in total. The third-order valence-electron chi connectivity index (χ3n) is 6.50. The van der Waals surface area contributed by atoms with Crippen molar-refractivity contribution in [1.29, 1.82) is 0 Å². The first-order valence-corrected chi connectivity index (χ1v) is 12.4. The smallest absolute Gasteiger partial charge is 0.489 e. The van der Waals surface area contributed by atoms with E-state index in [1.807, 2.05) is 6.92 Å². The Hall–Kier alpha value is -4.55. The molecule has 4 rings (SSSR count). The number of nitro groups is 1. The summed E-state index contributed by atoms with van der Waals surface area (Å²) in [7, 11) is 3.06. The van der Waals surface area contributed by atoms with Gasteiger partial charge in [0.25, 0.3) is 5.69 Å². The van der Waals surface area contributed by atoms with Crippen molar-refractivity contribution in [3.63, 3.8) is 0 Å². The number of hydrogen-bond acceptors (Lipinski definition) is 11. The van der Waals surface area contributed by atoms with E-state index in [4.69, 9.17) is 18.9 Å². The highest BCUT2D eigenvalue weighted by atomic mass is 16.7. The van der Waals surface area contributed by atoms with Gasteiger partial charge in [0, 0.05) is 19.2 Å². The van der Waals surface area contributed by atoms with E-state index in [1.165, 1.54) is 36.1 Å². The molecule has 39 heavy (non-hydrogen) atoms. The quantitative estimate of drug-likeness (QED) is 0.132. The molecule has 0 radical (unpaired) electrons. The highest BCUT2D eigenvalue weighted by Crippen LogP contribution is 2.30. The summed E-state index contributed by atoms with van der Waals surface area (Å²) in [5.41, 5.74) is 1.95. The second kappa shape index (κ2) is 12.3. The fraction of sp³-hybridized carbons (Fsp3) is 0.423. The molecule has 1 aromatic carbocycles. The van der Waals surface area contributed by atoms with E-state index >= 15 is 0 Å². The van der Waals surface area contributed by atoms with Gasteiger partial charge in [0.1, 0.15) is 29.5 Å². The number of aryl methyl sites for hydroxylation is 2. The monoisotopic (exact) mass is 539 g/mol. The van der Waals surface area contributed by atoms with Crippen molar-refractivity contribution in [1.82, 2.24) is 20.0 Å². The van der Waals surface area contributed by atoms with Gasteiger partial charge in [0.05, 0.1) is 35.4 Å². The van der Waals surface area contributed by atoms with Gasteiger partial charge in [-0.25, -0.2) is 14.5 Å². The topological polar surface area (TPSA) is 158 Å². The predicted octanol–water partition coefficient (Wildman–Crippen LogP) is 4.31. The lowest BCUT2D eigenvalue weighted by atomic mass is 9.99. The van der Waals surface area contributed by atoms with E-state index in [0.717, 1.165) is 25.7 Å². The van der Waals surface area contributed by atoms with Crippen molar-refractivity contribution >= 4 is 17.8 Å². The molecule has 1 saturated carbocycles. The van der Waals surface area contributed by atoms with Crippen LogP contribution in [0.2, 0.25) is 0 Å². The number of benzene rings is 1. The summed E-state index contributed by atoms with van der Waals surface area (Å²) >= 11 is 0. The van der Waals surface area contributed by atoms with Crippen LogP contribution in [0.15, 0.2) is 36.4 Å². The second-order valence-electron chi connectivity index (χ2n) is 9.16. The van der Waals surface area contributed by atoms with Gasteiger partial charge in [0.2, 0.25) is 0 Å². The van der Waals surface area contributed by atoms with Gasteiger partial charge in [-0.05, 0) is 56.9 Å². The van der Waals surface area contributed by atoms with E-state index in [1.54, 1.807) is 19.2 Å². The van der Waals surface area contributed by atoms with Crippen LogP contribution in [0, 0.1) is 23.0 Å². The van der Waals surface area contributed by atoms with Gasteiger partial charge < -0.3 is 18.9 Å². The van der Waals surface area contributed by atoms with Gasteiger partial charge in [-0.3, -0.25) is 14.9 Å². The Labute approximate surface area is 224 Å². The lowest BCUT2D eigenvalue weighted by molar-refractivity contribution is -0.384. The van der Waals surface area contributed by atoms with Gasteiger partial charge in [-0.15, -0.1) is 5.10 Å². The molecule has 1 aliphatic rings. The molecule has 13 nitrogen and oxygen atoms in total. The Bertz CT molecular complexity index is 1340. The van der Waals surface area contributed by atoms with E-state index < -0.39 is 11.1 Å². The zero-order valence-electron chi connectivity index (χ0n) is 21.9. The number of nitro benzene ring substituents is 1. The SMILES string of the molecule is COC(=O)C1CCCCC(Oc2ccc(-c3nnn(C)c3COC(=O)Oc3ccc([N+](=O)[O-])cc3)nc2C)C1. The standard InChI is InChI=1S/C26H29N5O8/c1-16-23(38-20-7-5-4-6-17(14-20)25(32)36-3)13-12-21(27-16)24-22(30(2)29-28-24)15-37-26(33)39-19-10-8-18(9-11-19)31(34)35/h8-13,17,20H,4-7,14-15H2,1-3H3. The van der Waals surface area contributed by atoms with Crippen LogP contribution in [0.4, 0.5) is 10.5 Å². The first-order chi connectivity index (χ1) is 18.7. The number of methoxy groups -OCH3 is 1. The van der Waals surface area contributed by atoms with Crippen molar-refractivity contribution in [3.05, 3.63) is 57.9 Å². The van der Waals surface area contributed by atoms with Crippen LogP contribution in [0.25, 0.3) is 11.4 Å². The number of nitrogens with zero attached hydrogens (tertiary/aromatic N) is 5. The zero-order chi connectivity index (χ0) is 27.9. The molecule has 2 heterocycles. The summed E-state index contributed by atoms with van der Waals surface area (Å²) in [6.07, 6.45) is 3.04. The predicted molar refractivity (Wildman–Crippen MR) is 136 cm³/mol. The third kappa shape index (κ3) is 6.86. The summed E-state index contributed by atoms with van der Waals surface area (Å²) < 4.78 is 23.0. The minimum atomic E-state index is -0.988. The fourth-order valence-corrected chi connectivity index (χ4v) is 4.41. The number of ether oxygens (including phenoxy) is 4. The van der Waals surface area contributed by atoms with Crippen molar-refractivity contribution in [2.45, 2.75) is 51.7 Å². The number of non-ortho nitro benzene ring substituents is 1. The maximum atomic E-state index is 12.2. The summed E-state index contributed by atoms with van der Waals surface area (Å²) in [4.78, 5) is 39.1. The van der Waals surface area contributed by atoms with Gasteiger partial charge in [-0.2, -0.15) is 0 Å². The molecule has 206 valence electrons. The van der Waals surface area contributed by atoms with Crippen LogP contribution in [0.1, 0.15) is 43.5 Å². The van der Waals surface area contributed by atoms with Crippen LogP contribution in [0.3, 0.4) is 0 Å². The average Bonchev–Trinajstić information content (AvgIpc) is 3.13. The Balaban J connectivity index is 1.41. The van der Waals surface area contributed by atoms with Crippen LogP contribution in [0.5, 0.6) is 11.5 Å². The molecule has 0 bridgehead atoms. The van der Waals surface area contributed by atoms with Gasteiger partial charge >= 0.3 is 12.1 Å². The van der Waals surface area contributed by atoms with Crippen molar-refractivity contribution in [2.24, 2.45) is 13.0 Å². The van der Waals surface area contributed by atoms with E-state index in [9.17, 15) is 19.7 Å². The summed E-state index contributed by atoms with van der Waals surface area (Å²) in [6.45, 7) is 1.63. The molecule has 0 spiro atoms. The molecule has 3 aromatic rings. The molecule has 0 amide bonds. The third-order valence-corrected chi connectivity index (χ3v) is 6.50. The maximum absolute atomic E-state index is 12.2. The summed E-state index contributed by atoms with van der Waals surface area (Å²) in [6, 6.07) is 8.60. The van der Waals surface area contributed by atoms with Crippen LogP contribution >= 0.6 is 0 Å². The Morgan fingerprint density at radius 3 is 2.56 bits per heavy atom. The number of rotatable bonds is 8. The molecule has 2 unspecified atom stereocenters. The highest BCUT2D eigenvalue weighted by Gasteiger charge is 2.28. The molecule has 1 fully saturated rings. The Kier molecular flexibility index (Phi) is 8.69. The largest absolute Gasteiger partial charge is 0.514 e. The van der Waals surface area contributed by atoms with Crippen LogP contribution < -0.4 is 9.47 Å². The fourth-order valence-electron chi connectivity index (χ4n) is 4.41. The maximum Gasteiger partial charge on any atom is 0.514 e. The molecule has 1 aliphatic carbocycles. The number of carbonyl (C=O) groups is 2. The summed E-state index contributed by atoms with van der Waals surface area (Å²) in [5, 5.41) is 19.0. The Morgan fingerprint density at radius 1 is 1.13 bits per heavy atom. The number of hydrogen-bond donors (Lipinski definition) is 0. The summed E-state index contributed by atoms with van der Waals surface area (Å²) in [5.74, 6) is 0.338. The van der Waals surface area contributed by atoms with Crippen molar-refractivity contribution < 1.29 is 33.5 Å². The van der Waals surface area contributed by atoms with Crippen LogP contribution in [-0.2, 0) is 27.9 Å². The second-order valence-corrected chi connectivity index (χ2v) is 9.16. The molecule has 0 aliphatic heterocycles. The van der Waals surface area contributed by atoms with Crippen molar-refractivity contribution in [3.8, 4) is 22.9 Å². The van der Waals surface area contributed by atoms with Crippen LogP contribution in [-0.4, -0.2) is 50.2 Å². The molecule has 0 saturated heterocycles. The average molecular weight is 540 g/mol. The molecular formula is C26H29N5O8. The number of esters is 1.